The lowest BCUT2D eigenvalue weighted by atomic mass is 9.84. The van der Waals surface area contributed by atoms with Gasteiger partial charge in [-0.05, 0) is 70.6 Å². The minimum Gasteiger partial charge on any atom is -0.508 e. The number of allylic oxidation sites excluding steroid dienone is 1. The monoisotopic (exact) mass is 331 g/mol. The van der Waals surface area contributed by atoms with Crippen LogP contribution in [-0.2, 0) is 4.74 Å². The number of aliphatic hydroxyl groups excluding tert-OH is 1. The van der Waals surface area contributed by atoms with E-state index in [4.69, 9.17) is 10.5 Å². The predicted octanol–water partition coefficient (Wildman–Crippen LogP) is 3.13. The molecule has 1 heterocycles. The number of nitrogens with zero attached hydrogens (tertiary/aromatic N) is 2. The van der Waals surface area contributed by atoms with E-state index in [0.29, 0.717) is 11.6 Å². The summed E-state index contributed by atoms with van der Waals surface area (Å²) in [6, 6.07) is 3.65. The van der Waals surface area contributed by atoms with Crippen molar-refractivity contribution >= 4 is 5.82 Å². The zero-order valence-electron chi connectivity index (χ0n) is 15.1. The van der Waals surface area contributed by atoms with Crippen LogP contribution in [0, 0.1) is 5.41 Å². The van der Waals surface area contributed by atoms with Crippen LogP contribution in [-0.4, -0.2) is 47.4 Å². The average Bonchev–Trinajstić information content (AvgIpc) is 3.15. The Morgan fingerprint density at radius 2 is 2.12 bits per heavy atom. The summed E-state index contributed by atoms with van der Waals surface area (Å²) in [4.78, 5) is 2.23. The Hall–Kier alpha value is -1.72. The van der Waals surface area contributed by atoms with Gasteiger partial charge >= 0.3 is 0 Å². The molecule has 3 N–H and O–H groups in total. The van der Waals surface area contributed by atoms with Gasteiger partial charge < -0.3 is 25.0 Å². The fraction of sp³-hybridized carbons (Fsp3) is 0.579. The average molecular weight is 331 g/mol. The summed E-state index contributed by atoms with van der Waals surface area (Å²) in [7, 11) is 4.22. The van der Waals surface area contributed by atoms with E-state index in [0.717, 1.165) is 18.7 Å². The number of ether oxygens (including phenoxy) is 1. The summed E-state index contributed by atoms with van der Waals surface area (Å²) < 4.78 is 8.46. The molecule has 5 heteroatoms. The van der Waals surface area contributed by atoms with Gasteiger partial charge in [0.05, 0.1) is 12.6 Å². The molecule has 2 aliphatic carbocycles. The molecule has 0 spiro atoms. The highest BCUT2D eigenvalue weighted by atomic mass is 16.5. The van der Waals surface area contributed by atoms with Gasteiger partial charge in [0.2, 0.25) is 0 Å². The molecule has 0 saturated heterocycles. The molecular formula is C19H29N3O2. The van der Waals surface area contributed by atoms with Gasteiger partial charge in [-0.25, -0.2) is 0 Å². The van der Waals surface area contributed by atoms with Crippen LogP contribution in [0.2, 0.25) is 0 Å². The summed E-state index contributed by atoms with van der Waals surface area (Å²) >= 11 is 0. The highest BCUT2D eigenvalue weighted by Crippen LogP contribution is 2.49. The van der Waals surface area contributed by atoms with Crippen molar-refractivity contribution in [2.75, 3.05) is 33.0 Å². The zero-order chi connectivity index (χ0) is 17.5. The van der Waals surface area contributed by atoms with Crippen molar-refractivity contribution in [1.29, 1.82) is 0 Å². The van der Waals surface area contributed by atoms with Gasteiger partial charge in [0, 0.05) is 18.2 Å². The molecule has 24 heavy (non-hydrogen) atoms. The Kier molecular flexibility index (Phi) is 4.26. The fourth-order valence-corrected chi connectivity index (χ4v) is 3.79. The van der Waals surface area contributed by atoms with E-state index in [9.17, 15) is 5.11 Å². The third-order valence-corrected chi connectivity index (χ3v) is 5.32. The predicted molar refractivity (Wildman–Crippen MR) is 96.9 cm³/mol. The molecule has 0 radical (unpaired) electrons. The van der Waals surface area contributed by atoms with Gasteiger partial charge in [0.15, 0.2) is 0 Å². The standard InChI is InChI=1S/C19H29N3O2/c1-14-15(23)7-8-18(2,17(14)22-11-5-6-16(22)20)24-13-19(9-10-19)12-21(3)4/h5-8,11,17,23H,9-10,12-13,20H2,1-4H3. The Bertz CT molecular complexity index is 670. The number of hydrogen-bond donors (Lipinski definition) is 2. The van der Waals surface area contributed by atoms with Gasteiger partial charge in [0.25, 0.3) is 0 Å². The second kappa shape index (κ2) is 5.97. The Morgan fingerprint density at radius 3 is 2.67 bits per heavy atom. The summed E-state index contributed by atoms with van der Waals surface area (Å²) in [6.07, 6.45) is 8.08. The third kappa shape index (κ3) is 3.10. The third-order valence-electron chi connectivity index (χ3n) is 5.32. The molecule has 132 valence electrons. The summed E-state index contributed by atoms with van der Waals surface area (Å²) in [5.74, 6) is 0.968. The smallest absolute Gasteiger partial charge is 0.116 e. The van der Waals surface area contributed by atoms with E-state index in [1.54, 1.807) is 6.08 Å². The number of anilines is 1. The molecule has 1 aromatic heterocycles. The van der Waals surface area contributed by atoms with E-state index < -0.39 is 5.60 Å². The van der Waals surface area contributed by atoms with Crippen molar-refractivity contribution in [1.82, 2.24) is 9.47 Å². The van der Waals surface area contributed by atoms with Crippen LogP contribution in [0.3, 0.4) is 0 Å². The van der Waals surface area contributed by atoms with Crippen molar-refractivity contribution in [3.8, 4) is 0 Å². The molecule has 2 unspecified atom stereocenters. The van der Waals surface area contributed by atoms with Crippen molar-refractivity contribution < 1.29 is 9.84 Å². The molecule has 5 nitrogen and oxygen atoms in total. The number of aliphatic hydroxyl groups is 1. The molecule has 0 bridgehead atoms. The minimum atomic E-state index is -0.536. The van der Waals surface area contributed by atoms with Crippen LogP contribution >= 0.6 is 0 Å². The van der Waals surface area contributed by atoms with Gasteiger partial charge in [-0.1, -0.05) is 0 Å². The Morgan fingerprint density at radius 1 is 1.42 bits per heavy atom. The molecule has 1 aromatic rings. The second-order valence-corrected chi connectivity index (χ2v) is 7.85. The fourth-order valence-electron chi connectivity index (χ4n) is 3.79. The highest BCUT2D eigenvalue weighted by molar-refractivity contribution is 5.39. The summed E-state index contributed by atoms with van der Waals surface area (Å²) in [5, 5.41) is 10.2. The van der Waals surface area contributed by atoms with E-state index in [1.807, 2.05) is 35.9 Å². The largest absolute Gasteiger partial charge is 0.508 e. The number of hydrogen-bond acceptors (Lipinski definition) is 4. The molecule has 1 saturated carbocycles. The first-order chi connectivity index (χ1) is 11.3. The minimum absolute atomic E-state index is 0.146. The summed E-state index contributed by atoms with van der Waals surface area (Å²) in [5.41, 5.74) is 6.74. The zero-order valence-corrected chi connectivity index (χ0v) is 15.1. The normalized spacial score (nSPS) is 28.6. The molecule has 1 fully saturated rings. The van der Waals surface area contributed by atoms with Crippen LogP contribution in [0.1, 0.15) is 32.7 Å². The van der Waals surface area contributed by atoms with Crippen molar-refractivity contribution in [3.63, 3.8) is 0 Å². The molecular weight excluding hydrogens is 302 g/mol. The van der Waals surface area contributed by atoms with E-state index in [2.05, 4.69) is 25.9 Å². The molecule has 0 amide bonds. The summed E-state index contributed by atoms with van der Waals surface area (Å²) in [6.45, 7) is 5.79. The lowest BCUT2D eigenvalue weighted by molar-refractivity contribution is -0.0497. The molecule has 2 atom stereocenters. The maximum Gasteiger partial charge on any atom is 0.116 e. The van der Waals surface area contributed by atoms with Crippen LogP contribution < -0.4 is 5.73 Å². The van der Waals surface area contributed by atoms with E-state index in [1.165, 1.54) is 12.8 Å². The van der Waals surface area contributed by atoms with Crippen LogP contribution in [0.4, 0.5) is 5.82 Å². The molecule has 0 aromatic carbocycles. The van der Waals surface area contributed by atoms with Gasteiger partial charge in [0.1, 0.15) is 17.2 Å². The Labute approximate surface area is 144 Å². The maximum absolute atomic E-state index is 10.2. The highest BCUT2D eigenvalue weighted by Gasteiger charge is 2.47. The first-order valence-electron chi connectivity index (χ1n) is 8.56. The number of nitrogen functional groups attached to an aromatic ring is 1. The maximum atomic E-state index is 10.2. The van der Waals surface area contributed by atoms with Crippen molar-refractivity contribution in [3.05, 3.63) is 41.8 Å². The van der Waals surface area contributed by atoms with Gasteiger partial charge in [-0.3, -0.25) is 0 Å². The quantitative estimate of drug-likeness (QED) is 0.840. The van der Waals surface area contributed by atoms with Crippen molar-refractivity contribution in [2.45, 2.75) is 38.3 Å². The number of aromatic nitrogens is 1. The number of rotatable bonds is 6. The lowest BCUT2D eigenvalue weighted by Gasteiger charge is -2.40. The topological polar surface area (TPSA) is 63.7 Å². The van der Waals surface area contributed by atoms with Gasteiger partial charge in [-0.2, -0.15) is 0 Å². The SMILES string of the molecule is CC1=C(O)C=CC(C)(OCC2(CN(C)C)CC2)C1n1cccc1N. The van der Waals surface area contributed by atoms with Crippen LogP contribution in [0.15, 0.2) is 41.8 Å². The van der Waals surface area contributed by atoms with Crippen LogP contribution in [0.5, 0.6) is 0 Å². The second-order valence-electron chi connectivity index (χ2n) is 7.85. The van der Waals surface area contributed by atoms with E-state index in [-0.39, 0.29) is 11.5 Å². The van der Waals surface area contributed by atoms with E-state index >= 15 is 0 Å². The molecule has 2 aliphatic rings. The first-order valence-corrected chi connectivity index (χ1v) is 8.56. The van der Waals surface area contributed by atoms with Crippen LogP contribution in [0.25, 0.3) is 0 Å². The van der Waals surface area contributed by atoms with Gasteiger partial charge in [-0.15, -0.1) is 0 Å². The first kappa shape index (κ1) is 17.1. The van der Waals surface area contributed by atoms with Crippen molar-refractivity contribution in [2.24, 2.45) is 5.41 Å². The lowest BCUT2D eigenvalue weighted by Crippen LogP contribution is -2.42. The molecule has 3 rings (SSSR count). The number of nitrogens with two attached hydrogens (primary N) is 1. The Balaban J connectivity index is 1.84. The molecule has 0 aliphatic heterocycles.